The molecule has 1 saturated heterocycles. The van der Waals surface area contributed by atoms with Crippen molar-refractivity contribution in [3.05, 3.63) is 45.4 Å². The quantitative estimate of drug-likeness (QED) is 0.851. The Bertz CT molecular complexity index is 581. The largest absolute Gasteiger partial charge is 0.375 e. The van der Waals surface area contributed by atoms with Crippen LogP contribution in [0.5, 0.6) is 0 Å². The third-order valence-corrected chi connectivity index (χ3v) is 5.08. The van der Waals surface area contributed by atoms with Crippen molar-refractivity contribution in [2.75, 3.05) is 31.9 Å². The summed E-state index contributed by atoms with van der Waals surface area (Å²) in [5, 5.41) is 0.666. The van der Waals surface area contributed by atoms with Gasteiger partial charge in [-0.25, -0.2) is 4.98 Å². The number of thiazole rings is 1. The molecule has 4 nitrogen and oxygen atoms in total. The lowest BCUT2D eigenvalue weighted by Gasteiger charge is -2.34. The molecule has 120 valence electrons. The first-order valence-corrected chi connectivity index (χ1v) is 8.69. The van der Waals surface area contributed by atoms with Crippen molar-refractivity contribution in [2.45, 2.75) is 13.1 Å². The molecule has 1 aliphatic rings. The van der Waals surface area contributed by atoms with Crippen LogP contribution >= 0.6 is 39.7 Å². The molecule has 2 aromatic rings. The third-order valence-electron chi connectivity index (χ3n) is 3.74. The maximum absolute atomic E-state index is 5.68. The van der Waals surface area contributed by atoms with Gasteiger partial charge in [0, 0.05) is 54.8 Å². The molecule has 22 heavy (non-hydrogen) atoms. The minimum Gasteiger partial charge on any atom is -0.375 e. The van der Waals surface area contributed by atoms with E-state index in [0.717, 1.165) is 43.7 Å². The second-order valence-corrected chi connectivity index (χ2v) is 7.41. The molecule has 0 aliphatic carbocycles. The van der Waals surface area contributed by atoms with Crippen molar-refractivity contribution in [3.8, 4) is 0 Å². The van der Waals surface area contributed by atoms with Gasteiger partial charge in [0.2, 0.25) is 0 Å². The number of hydrogen-bond donors (Lipinski definition) is 1. The van der Waals surface area contributed by atoms with Gasteiger partial charge >= 0.3 is 0 Å². The third kappa shape index (κ3) is 4.93. The normalized spacial score (nSPS) is 16.4. The predicted molar refractivity (Wildman–Crippen MR) is 98.5 cm³/mol. The lowest BCUT2D eigenvalue weighted by Crippen LogP contribution is -2.45. The van der Waals surface area contributed by atoms with Crippen LogP contribution in [0.3, 0.4) is 0 Å². The number of benzene rings is 1. The summed E-state index contributed by atoms with van der Waals surface area (Å²) in [6.07, 6.45) is 1.90. The number of nitrogens with zero attached hydrogens (tertiary/aromatic N) is 3. The van der Waals surface area contributed by atoms with Crippen molar-refractivity contribution < 1.29 is 0 Å². The van der Waals surface area contributed by atoms with Crippen LogP contribution in [0.1, 0.15) is 10.4 Å². The predicted octanol–water partition coefficient (Wildman–Crippen LogP) is 3.23. The van der Waals surface area contributed by atoms with Gasteiger partial charge in [-0.2, -0.15) is 0 Å². The molecule has 0 unspecified atom stereocenters. The second-order valence-electron chi connectivity index (χ2n) is 5.34. The van der Waals surface area contributed by atoms with Gasteiger partial charge in [0.15, 0.2) is 5.13 Å². The van der Waals surface area contributed by atoms with E-state index in [4.69, 9.17) is 5.73 Å². The smallest absolute Gasteiger partial charge is 0.180 e. The van der Waals surface area contributed by atoms with E-state index >= 15 is 0 Å². The topological polar surface area (TPSA) is 45.4 Å². The van der Waals surface area contributed by atoms with E-state index in [1.165, 1.54) is 10.4 Å². The van der Waals surface area contributed by atoms with E-state index in [1.807, 2.05) is 6.20 Å². The Hall–Kier alpha value is -0.660. The molecular formula is C15H20BrClN4S. The first-order valence-electron chi connectivity index (χ1n) is 7.08. The van der Waals surface area contributed by atoms with E-state index in [-0.39, 0.29) is 12.4 Å². The van der Waals surface area contributed by atoms with Crippen molar-refractivity contribution in [3.63, 3.8) is 0 Å². The van der Waals surface area contributed by atoms with Crippen molar-refractivity contribution >= 4 is 44.8 Å². The lowest BCUT2D eigenvalue weighted by molar-refractivity contribution is 0.123. The van der Waals surface area contributed by atoms with Gasteiger partial charge in [-0.15, -0.1) is 23.7 Å². The minimum absolute atomic E-state index is 0. The fraction of sp³-hybridized carbons (Fsp3) is 0.400. The maximum atomic E-state index is 5.68. The number of hydrogen-bond acceptors (Lipinski definition) is 5. The van der Waals surface area contributed by atoms with E-state index < -0.39 is 0 Å². The molecule has 0 saturated carbocycles. The highest BCUT2D eigenvalue weighted by Crippen LogP contribution is 2.18. The van der Waals surface area contributed by atoms with Crippen molar-refractivity contribution in [1.82, 2.24) is 14.8 Å². The van der Waals surface area contributed by atoms with Gasteiger partial charge in [0.25, 0.3) is 0 Å². The first kappa shape index (κ1) is 17.7. The molecule has 1 aliphatic heterocycles. The molecule has 3 rings (SSSR count). The summed E-state index contributed by atoms with van der Waals surface area (Å²) in [5.74, 6) is 0. The van der Waals surface area contributed by atoms with Gasteiger partial charge in [-0.1, -0.05) is 28.1 Å². The number of halogens is 2. The number of piperazine rings is 1. The van der Waals surface area contributed by atoms with E-state index in [1.54, 1.807) is 11.3 Å². The standard InChI is InChI=1S/C15H19BrN4S.ClH/c16-13-3-1-12(2-4-13)10-19-5-7-20(8-6-19)11-14-9-18-15(17)21-14;/h1-4,9H,5-8,10-11H2,(H2,17,18);1H. The van der Waals surface area contributed by atoms with Gasteiger partial charge < -0.3 is 5.73 Å². The zero-order valence-electron chi connectivity index (χ0n) is 12.2. The Labute approximate surface area is 149 Å². The number of nitrogen functional groups attached to an aromatic ring is 1. The van der Waals surface area contributed by atoms with Crippen LogP contribution < -0.4 is 5.73 Å². The highest BCUT2D eigenvalue weighted by molar-refractivity contribution is 9.10. The molecule has 7 heteroatoms. The summed E-state index contributed by atoms with van der Waals surface area (Å²) in [6, 6.07) is 8.60. The summed E-state index contributed by atoms with van der Waals surface area (Å²) in [5.41, 5.74) is 7.06. The molecule has 0 spiro atoms. The lowest BCUT2D eigenvalue weighted by atomic mass is 10.2. The number of anilines is 1. The zero-order valence-corrected chi connectivity index (χ0v) is 15.5. The van der Waals surface area contributed by atoms with Crippen LogP contribution in [-0.4, -0.2) is 41.0 Å². The van der Waals surface area contributed by atoms with Crippen LogP contribution in [0.25, 0.3) is 0 Å². The Kier molecular flexibility index (Phi) is 6.65. The maximum Gasteiger partial charge on any atom is 0.180 e. The molecule has 0 amide bonds. The SMILES string of the molecule is Cl.Nc1ncc(CN2CCN(Cc3ccc(Br)cc3)CC2)s1. The molecule has 2 heterocycles. The Morgan fingerprint density at radius 2 is 1.64 bits per heavy atom. The van der Waals surface area contributed by atoms with Crippen LogP contribution in [0, 0.1) is 0 Å². The number of nitrogens with two attached hydrogens (primary N) is 1. The number of rotatable bonds is 4. The Morgan fingerprint density at radius 3 is 2.18 bits per heavy atom. The van der Waals surface area contributed by atoms with E-state index in [9.17, 15) is 0 Å². The monoisotopic (exact) mass is 402 g/mol. The van der Waals surface area contributed by atoms with E-state index in [0.29, 0.717) is 5.13 Å². The highest BCUT2D eigenvalue weighted by Gasteiger charge is 2.17. The van der Waals surface area contributed by atoms with Crippen LogP contribution in [-0.2, 0) is 13.1 Å². The van der Waals surface area contributed by atoms with Gasteiger partial charge in [-0.05, 0) is 17.7 Å². The molecular weight excluding hydrogens is 384 g/mol. The summed E-state index contributed by atoms with van der Waals surface area (Å²) >= 11 is 5.07. The average molecular weight is 404 g/mol. The van der Waals surface area contributed by atoms with Gasteiger partial charge in [-0.3, -0.25) is 9.80 Å². The summed E-state index contributed by atoms with van der Waals surface area (Å²) in [4.78, 5) is 10.4. The van der Waals surface area contributed by atoms with Crippen LogP contribution in [0.2, 0.25) is 0 Å². The molecule has 2 N–H and O–H groups in total. The van der Waals surface area contributed by atoms with Crippen LogP contribution in [0.4, 0.5) is 5.13 Å². The Balaban J connectivity index is 0.00000176. The average Bonchev–Trinajstić information content (AvgIpc) is 2.89. The zero-order chi connectivity index (χ0) is 14.7. The minimum atomic E-state index is 0. The van der Waals surface area contributed by atoms with Crippen molar-refractivity contribution in [2.24, 2.45) is 0 Å². The fourth-order valence-corrected chi connectivity index (χ4v) is 3.56. The molecule has 0 bridgehead atoms. The number of aromatic nitrogens is 1. The Morgan fingerprint density at radius 1 is 1.05 bits per heavy atom. The molecule has 0 radical (unpaired) electrons. The van der Waals surface area contributed by atoms with E-state index in [2.05, 4.69) is 55.0 Å². The highest BCUT2D eigenvalue weighted by atomic mass is 79.9. The summed E-state index contributed by atoms with van der Waals surface area (Å²) < 4.78 is 1.14. The molecule has 1 fully saturated rings. The molecule has 1 aromatic heterocycles. The molecule has 0 atom stereocenters. The fourth-order valence-electron chi connectivity index (χ4n) is 2.57. The van der Waals surface area contributed by atoms with Gasteiger partial charge in [0.05, 0.1) is 0 Å². The van der Waals surface area contributed by atoms with Crippen LogP contribution in [0.15, 0.2) is 34.9 Å². The summed E-state index contributed by atoms with van der Waals surface area (Å²) in [7, 11) is 0. The summed E-state index contributed by atoms with van der Waals surface area (Å²) in [6.45, 7) is 6.45. The van der Waals surface area contributed by atoms with Gasteiger partial charge in [0.1, 0.15) is 0 Å². The van der Waals surface area contributed by atoms with Crippen molar-refractivity contribution in [1.29, 1.82) is 0 Å². The molecule has 1 aromatic carbocycles. The first-order chi connectivity index (χ1) is 10.2. The second kappa shape index (κ2) is 8.26.